The topological polar surface area (TPSA) is 86.7 Å². The molecule has 0 bridgehead atoms. The Balaban J connectivity index is 1.61. The molecule has 2 heterocycles. The van der Waals surface area contributed by atoms with Gasteiger partial charge in [-0.2, -0.15) is 5.10 Å². The molecule has 3 rings (SSSR count). The highest BCUT2D eigenvalue weighted by Crippen LogP contribution is 2.32. The van der Waals surface area contributed by atoms with Gasteiger partial charge in [0.2, 0.25) is 0 Å². The Labute approximate surface area is 147 Å². The van der Waals surface area contributed by atoms with Crippen LogP contribution in [0.5, 0.6) is 11.5 Å². The van der Waals surface area contributed by atoms with E-state index in [-0.39, 0.29) is 0 Å². The second-order valence-electron chi connectivity index (χ2n) is 6.13. The lowest BCUT2D eigenvalue weighted by atomic mass is 10.1. The molecule has 3 N–H and O–H groups in total. The molecule has 1 aromatic heterocycles. The van der Waals surface area contributed by atoms with E-state index in [0.717, 1.165) is 35.7 Å². The summed E-state index contributed by atoms with van der Waals surface area (Å²) in [4.78, 5) is 4.41. The minimum atomic E-state index is 0.383. The Kier molecular flexibility index (Phi) is 5.11. The number of anilines is 1. The van der Waals surface area contributed by atoms with E-state index < -0.39 is 0 Å². The van der Waals surface area contributed by atoms with Gasteiger partial charge in [0, 0.05) is 37.5 Å². The Morgan fingerprint density at radius 1 is 1.28 bits per heavy atom. The molecular weight excluding hydrogens is 318 g/mol. The molecule has 0 aliphatic carbocycles. The third-order valence-corrected chi connectivity index (χ3v) is 4.32. The van der Waals surface area contributed by atoms with Crippen LogP contribution in [0.3, 0.4) is 0 Å². The summed E-state index contributed by atoms with van der Waals surface area (Å²) in [6.45, 7) is 6.03. The molecule has 0 amide bonds. The quantitative estimate of drug-likeness (QED) is 0.656. The van der Waals surface area contributed by atoms with E-state index in [0.29, 0.717) is 25.7 Å². The predicted octanol–water partition coefficient (Wildman–Crippen LogP) is 2.17. The van der Waals surface area contributed by atoms with E-state index in [4.69, 9.17) is 15.2 Å². The summed E-state index contributed by atoms with van der Waals surface area (Å²) >= 11 is 0. The smallest absolute Gasteiger partial charge is 0.193 e. The van der Waals surface area contributed by atoms with Crippen LogP contribution in [0.4, 0.5) is 5.69 Å². The van der Waals surface area contributed by atoms with Crippen LogP contribution in [0, 0.1) is 13.8 Å². The molecule has 0 radical (unpaired) electrons. The largest absolute Gasteiger partial charge is 0.490 e. The standard InChI is InChI=1S/C18H25N5O2/c1-12-15(13(2)23(3)22-12)7-8-20-18(19)21-14-5-6-16-17(11-14)25-10-4-9-24-16/h5-6,11H,4,7-10H2,1-3H3,(H3,19,20,21). The summed E-state index contributed by atoms with van der Waals surface area (Å²) in [5, 5.41) is 7.52. The van der Waals surface area contributed by atoms with Crippen LogP contribution in [0.1, 0.15) is 23.4 Å². The fraction of sp³-hybridized carbons (Fsp3) is 0.444. The maximum absolute atomic E-state index is 6.00. The van der Waals surface area contributed by atoms with Gasteiger partial charge < -0.3 is 20.5 Å². The lowest BCUT2D eigenvalue weighted by molar-refractivity contribution is 0.297. The van der Waals surface area contributed by atoms with Gasteiger partial charge in [-0.05, 0) is 38.0 Å². The van der Waals surface area contributed by atoms with Crippen molar-refractivity contribution in [2.75, 3.05) is 25.1 Å². The molecule has 2 aromatic rings. The van der Waals surface area contributed by atoms with Crippen molar-refractivity contribution in [3.8, 4) is 11.5 Å². The lowest BCUT2D eigenvalue weighted by Crippen LogP contribution is -2.23. The number of hydrogen-bond donors (Lipinski definition) is 2. The molecular formula is C18H25N5O2. The van der Waals surface area contributed by atoms with E-state index >= 15 is 0 Å². The van der Waals surface area contributed by atoms with Gasteiger partial charge in [-0.1, -0.05) is 0 Å². The summed E-state index contributed by atoms with van der Waals surface area (Å²) in [7, 11) is 1.95. The average Bonchev–Trinajstić information content (AvgIpc) is 2.76. The Hall–Kier alpha value is -2.70. The number of nitrogens with zero attached hydrogens (tertiary/aromatic N) is 3. The molecule has 0 saturated heterocycles. The molecule has 25 heavy (non-hydrogen) atoms. The summed E-state index contributed by atoms with van der Waals surface area (Å²) in [5.41, 5.74) is 10.3. The second kappa shape index (κ2) is 7.46. The van der Waals surface area contributed by atoms with E-state index in [1.807, 2.05) is 36.9 Å². The van der Waals surface area contributed by atoms with Gasteiger partial charge in [0.25, 0.3) is 0 Å². The predicted molar refractivity (Wildman–Crippen MR) is 98.5 cm³/mol. The summed E-state index contributed by atoms with van der Waals surface area (Å²) in [5.74, 6) is 1.88. The molecule has 134 valence electrons. The minimum absolute atomic E-state index is 0.383. The number of guanidine groups is 1. The Bertz CT molecular complexity index is 782. The van der Waals surface area contributed by atoms with E-state index in [1.165, 1.54) is 11.3 Å². The number of aromatic nitrogens is 2. The number of hydrogen-bond acceptors (Lipinski definition) is 4. The van der Waals surface area contributed by atoms with Crippen molar-refractivity contribution >= 4 is 11.6 Å². The van der Waals surface area contributed by atoms with Crippen LogP contribution >= 0.6 is 0 Å². The normalized spacial score (nSPS) is 14.3. The average molecular weight is 343 g/mol. The summed E-state index contributed by atoms with van der Waals surface area (Å²) in [6.07, 6.45) is 1.70. The van der Waals surface area contributed by atoms with Crippen molar-refractivity contribution in [3.63, 3.8) is 0 Å². The van der Waals surface area contributed by atoms with Gasteiger partial charge in [-0.3, -0.25) is 9.67 Å². The van der Waals surface area contributed by atoms with Gasteiger partial charge in [0.15, 0.2) is 17.5 Å². The fourth-order valence-electron chi connectivity index (χ4n) is 2.90. The molecule has 7 heteroatoms. The number of nitrogens with two attached hydrogens (primary N) is 1. The molecule has 0 saturated carbocycles. The van der Waals surface area contributed by atoms with Crippen molar-refractivity contribution in [1.29, 1.82) is 0 Å². The first-order chi connectivity index (χ1) is 12.0. The number of ether oxygens (including phenoxy) is 2. The fourth-order valence-corrected chi connectivity index (χ4v) is 2.90. The van der Waals surface area contributed by atoms with Gasteiger partial charge in [0.05, 0.1) is 18.9 Å². The van der Waals surface area contributed by atoms with Crippen LogP contribution in [-0.4, -0.2) is 35.5 Å². The maximum Gasteiger partial charge on any atom is 0.193 e. The number of benzene rings is 1. The van der Waals surface area contributed by atoms with Gasteiger partial charge in [-0.15, -0.1) is 0 Å². The molecule has 1 aliphatic rings. The molecule has 0 spiro atoms. The Morgan fingerprint density at radius 2 is 2.04 bits per heavy atom. The lowest BCUT2D eigenvalue weighted by Gasteiger charge is -2.10. The van der Waals surface area contributed by atoms with Gasteiger partial charge in [-0.25, -0.2) is 0 Å². The number of rotatable bonds is 4. The van der Waals surface area contributed by atoms with Crippen LogP contribution < -0.4 is 20.5 Å². The van der Waals surface area contributed by atoms with Crippen molar-refractivity contribution in [1.82, 2.24) is 9.78 Å². The van der Waals surface area contributed by atoms with E-state index in [9.17, 15) is 0 Å². The minimum Gasteiger partial charge on any atom is -0.490 e. The first-order valence-electron chi connectivity index (χ1n) is 8.50. The zero-order valence-corrected chi connectivity index (χ0v) is 15.0. The second-order valence-corrected chi connectivity index (χ2v) is 6.13. The third kappa shape index (κ3) is 4.04. The summed E-state index contributed by atoms with van der Waals surface area (Å²) < 4.78 is 13.2. The molecule has 0 unspecified atom stereocenters. The third-order valence-electron chi connectivity index (χ3n) is 4.32. The first kappa shape index (κ1) is 17.1. The zero-order chi connectivity index (χ0) is 17.8. The van der Waals surface area contributed by atoms with E-state index in [1.54, 1.807) is 0 Å². The van der Waals surface area contributed by atoms with Crippen LogP contribution in [-0.2, 0) is 13.5 Å². The number of aliphatic imine (C=N–C) groups is 1. The maximum atomic E-state index is 6.00. The number of fused-ring (bicyclic) bond motifs is 1. The summed E-state index contributed by atoms with van der Waals surface area (Å²) in [6, 6.07) is 5.68. The van der Waals surface area contributed by atoms with E-state index in [2.05, 4.69) is 22.3 Å². The van der Waals surface area contributed by atoms with Gasteiger partial charge >= 0.3 is 0 Å². The monoisotopic (exact) mass is 343 g/mol. The molecule has 7 nitrogen and oxygen atoms in total. The van der Waals surface area contributed by atoms with Crippen LogP contribution in [0.25, 0.3) is 0 Å². The molecule has 1 aromatic carbocycles. The highest BCUT2D eigenvalue weighted by Gasteiger charge is 2.11. The van der Waals surface area contributed by atoms with Gasteiger partial charge in [0.1, 0.15) is 0 Å². The highest BCUT2D eigenvalue weighted by atomic mass is 16.5. The molecule has 1 aliphatic heterocycles. The first-order valence-corrected chi connectivity index (χ1v) is 8.50. The molecule has 0 fully saturated rings. The SMILES string of the molecule is Cc1nn(C)c(C)c1CCN=C(N)Nc1ccc2c(c1)OCCCO2. The Morgan fingerprint density at radius 3 is 2.76 bits per heavy atom. The van der Waals surface area contributed by atoms with Crippen molar-refractivity contribution in [2.45, 2.75) is 26.7 Å². The molecule has 0 atom stereocenters. The number of nitrogens with one attached hydrogen (secondary N) is 1. The zero-order valence-electron chi connectivity index (χ0n) is 15.0. The van der Waals surface area contributed by atoms with Crippen molar-refractivity contribution in [3.05, 3.63) is 35.2 Å². The van der Waals surface area contributed by atoms with Crippen LogP contribution in [0.2, 0.25) is 0 Å². The van der Waals surface area contributed by atoms with Crippen molar-refractivity contribution in [2.24, 2.45) is 17.8 Å². The highest BCUT2D eigenvalue weighted by molar-refractivity contribution is 5.92. The van der Waals surface area contributed by atoms with Crippen molar-refractivity contribution < 1.29 is 9.47 Å². The number of aryl methyl sites for hydroxylation is 2. The van der Waals surface area contributed by atoms with Crippen LogP contribution in [0.15, 0.2) is 23.2 Å².